The van der Waals surface area contributed by atoms with Crippen LogP contribution < -0.4 is 0 Å². The van der Waals surface area contributed by atoms with Gasteiger partial charge in [0.05, 0.1) is 15.4 Å². The fraction of sp³-hybridized carbons (Fsp3) is 0.625. The minimum absolute atomic E-state index is 0.168. The Labute approximate surface area is 83.7 Å². The molecule has 0 spiro atoms. The molecule has 0 bridgehead atoms. The van der Waals surface area contributed by atoms with Crippen LogP contribution in [0.15, 0.2) is 9.47 Å². The number of hydrogen-bond acceptors (Lipinski definition) is 1. The van der Waals surface area contributed by atoms with Gasteiger partial charge in [-0.1, -0.05) is 19.9 Å². The first-order valence-electron chi connectivity index (χ1n) is 3.42. The minimum Gasteiger partial charge on any atom is -0.198 e. The second-order valence-corrected chi connectivity index (χ2v) is 6.18. The highest BCUT2D eigenvalue weighted by Crippen LogP contribution is 2.59. The Hall–Kier alpha value is 0.190. The van der Waals surface area contributed by atoms with Gasteiger partial charge >= 0.3 is 0 Å². The van der Waals surface area contributed by atoms with E-state index < -0.39 is 0 Å². The van der Waals surface area contributed by atoms with Gasteiger partial charge in [-0.25, -0.2) is 0 Å². The minimum atomic E-state index is 0.168. The van der Waals surface area contributed by atoms with Crippen molar-refractivity contribution in [3.8, 4) is 6.07 Å². The number of hydrogen-bond donors (Lipinski definition) is 0. The van der Waals surface area contributed by atoms with Crippen LogP contribution in [0.25, 0.3) is 0 Å². The number of halogens is 2. The quantitative estimate of drug-likeness (QED) is 0.721. The monoisotopic (exact) mass is 277 g/mol. The lowest BCUT2D eigenvalue weighted by molar-refractivity contribution is 0.589. The van der Waals surface area contributed by atoms with Crippen LogP contribution >= 0.6 is 31.9 Å². The highest BCUT2D eigenvalue weighted by atomic mass is 79.9. The Balaban J connectivity index is 2.69. The molecule has 0 aromatic rings. The predicted molar refractivity (Wildman–Crippen MR) is 52.3 cm³/mol. The Kier molecular flexibility index (Phi) is 2.46. The average Bonchev–Trinajstić information content (AvgIpc) is 2.33. The zero-order chi connectivity index (χ0) is 8.65. The fourth-order valence-corrected chi connectivity index (χ4v) is 1.94. The van der Waals surface area contributed by atoms with E-state index in [0.717, 1.165) is 3.39 Å². The standard InChI is InChI=1S/C8H9Br2N/c1-8(2)5(3-7(9)10)6(8)4-11/h3,5-6H,1-2H3. The summed E-state index contributed by atoms with van der Waals surface area (Å²) in [6.45, 7) is 4.23. The van der Waals surface area contributed by atoms with Gasteiger partial charge < -0.3 is 0 Å². The highest BCUT2D eigenvalue weighted by Gasteiger charge is 2.56. The first kappa shape index (κ1) is 9.28. The van der Waals surface area contributed by atoms with E-state index in [9.17, 15) is 0 Å². The normalized spacial score (nSPS) is 32.3. The zero-order valence-electron chi connectivity index (χ0n) is 6.44. The van der Waals surface area contributed by atoms with Crippen LogP contribution in [0.2, 0.25) is 0 Å². The summed E-state index contributed by atoms with van der Waals surface area (Å²) in [7, 11) is 0. The van der Waals surface area contributed by atoms with Crippen molar-refractivity contribution in [1.82, 2.24) is 0 Å². The maximum absolute atomic E-state index is 8.72. The largest absolute Gasteiger partial charge is 0.198 e. The van der Waals surface area contributed by atoms with E-state index in [2.05, 4.69) is 51.8 Å². The molecule has 60 valence electrons. The van der Waals surface area contributed by atoms with Crippen LogP contribution in [-0.4, -0.2) is 0 Å². The topological polar surface area (TPSA) is 23.8 Å². The summed E-state index contributed by atoms with van der Waals surface area (Å²) in [5, 5.41) is 8.72. The Bertz CT molecular complexity index is 233. The molecule has 0 aliphatic heterocycles. The van der Waals surface area contributed by atoms with Crippen LogP contribution in [0.4, 0.5) is 0 Å². The Morgan fingerprint density at radius 2 is 2.09 bits per heavy atom. The summed E-state index contributed by atoms with van der Waals surface area (Å²) in [4.78, 5) is 0. The van der Waals surface area contributed by atoms with Crippen molar-refractivity contribution >= 4 is 31.9 Å². The van der Waals surface area contributed by atoms with E-state index in [1.54, 1.807) is 0 Å². The van der Waals surface area contributed by atoms with E-state index in [-0.39, 0.29) is 11.3 Å². The van der Waals surface area contributed by atoms with E-state index >= 15 is 0 Å². The molecule has 2 atom stereocenters. The summed E-state index contributed by atoms with van der Waals surface area (Å²) < 4.78 is 0.945. The molecule has 0 N–H and O–H groups in total. The van der Waals surface area contributed by atoms with Crippen molar-refractivity contribution in [2.75, 3.05) is 0 Å². The van der Waals surface area contributed by atoms with Crippen LogP contribution in [0.5, 0.6) is 0 Å². The molecule has 1 saturated carbocycles. The third-order valence-corrected chi connectivity index (χ3v) is 2.88. The van der Waals surface area contributed by atoms with Crippen molar-refractivity contribution in [3.63, 3.8) is 0 Å². The van der Waals surface area contributed by atoms with Crippen LogP contribution in [0, 0.1) is 28.6 Å². The van der Waals surface area contributed by atoms with Gasteiger partial charge in [0.15, 0.2) is 0 Å². The smallest absolute Gasteiger partial charge is 0.0668 e. The predicted octanol–water partition coefficient (Wildman–Crippen LogP) is 3.41. The van der Waals surface area contributed by atoms with Crippen LogP contribution in [-0.2, 0) is 0 Å². The molecule has 0 amide bonds. The van der Waals surface area contributed by atoms with E-state index in [0.29, 0.717) is 5.92 Å². The first-order valence-corrected chi connectivity index (χ1v) is 5.01. The molecule has 0 heterocycles. The number of allylic oxidation sites excluding steroid dienone is 1. The van der Waals surface area contributed by atoms with E-state index in [1.165, 1.54) is 0 Å². The Morgan fingerprint density at radius 3 is 2.36 bits per heavy atom. The molecule has 1 aliphatic carbocycles. The summed E-state index contributed by atoms with van der Waals surface area (Å²) in [5.74, 6) is 0.592. The van der Waals surface area contributed by atoms with Crippen molar-refractivity contribution in [3.05, 3.63) is 9.47 Å². The molecule has 11 heavy (non-hydrogen) atoms. The van der Waals surface area contributed by atoms with Gasteiger partial charge in [-0.15, -0.1) is 0 Å². The van der Waals surface area contributed by atoms with Gasteiger partial charge in [-0.3, -0.25) is 0 Å². The molecular weight excluding hydrogens is 270 g/mol. The molecule has 1 fully saturated rings. The lowest BCUT2D eigenvalue weighted by Crippen LogP contribution is -1.87. The summed E-state index contributed by atoms with van der Waals surface area (Å²) in [6.07, 6.45) is 2.05. The van der Waals surface area contributed by atoms with Crippen molar-refractivity contribution < 1.29 is 0 Å². The average molecular weight is 279 g/mol. The van der Waals surface area contributed by atoms with Gasteiger partial charge in [0.1, 0.15) is 0 Å². The number of nitrogens with zero attached hydrogens (tertiary/aromatic N) is 1. The first-order chi connectivity index (χ1) is 5.00. The zero-order valence-corrected chi connectivity index (χ0v) is 9.61. The molecular formula is C8H9Br2N. The lowest BCUT2D eigenvalue weighted by Gasteiger charge is -1.94. The second kappa shape index (κ2) is 2.91. The van der Waals surface area contributed by atoms with Gasteiger partial charge in [0, 0.05) is 5.92 Å². The molecule has 0 aromatic heterocycles. The van der Waals surface area contributed by atoms with Gasteiger partial charge in [0.2, 0.25) is 0 Å². The van der Waals surface area contributed by atoms with Crippen molar-refractivity contribution in [1.29, 1.82) is 5.26 Å². The van der Waals surface area contributed by atoms with E-state index in [4.69, 9.17) is 5.26 Å². The fourth-order valence-electron chi connectivity index (χ4n) is 1.37. The van der Waals surface area contributed by atoms with Crippen LogP contribution in [0.1, 0.15) is 13.8 Å². The van der Waals surface area contributed by atoms with Gasteiger partial charge in [0.25, 0.3) is 0 Å². The maximum Gasteiger partial charge on any atom is 0.0668 e. The third kappa shape index (κ3) is 1.68. The highest BCUT2D eigenvalue weighted by molar-refractivity contribution is 9.28. The van der Waals surface area contributed by atoms with Crippen molar-refractivity contribution in [2.45, 2.75) is 13.8 Å². The lowest BCUT2D eigenvalue weighted by atomic mass is 10.1. The Morgan fingerprint density at radius 1 is 1.55 bits per heavy atom. The summed E-state index contributed by atoms with van der Waals surface area (Å²) >= 11 is 6.58. The van der Waals surface area contributed by atoms with Gasteiger partial charge in [-0.2, -0.15) is 5.26 Å². The van der Waals surface area contributed by atoms with E-state index in [1.807, 2.05) is 6.08 Å². The summed E-state index contributed by atoms with van der Waals surface area (Å²) in [5.41, 5.74) is 0.168. The molecule has 1 rings (SSSR count). The molecule has 0 aromatic carbocycles. The maximum atomic E-state index is 8.72. The third-order valence-electron chi connectivity index (χ3n) is 2.36. The molecule has 0 radical (unpaired) electrons. The van der Waals surface area contributed by atoms with Crippen molar-refractivity contribution in [2.24, 2.45) is 17.3 Å². The number of rotatable bonds is 1. The van der Waals surface area contributed by atoms with Gasteiger partial charge in [-0.05, 0) is 37.3 Å². The van der Waals surface area contributed by atoms with Crippen LogP contribution in [0.3, 0.4) is 0 Å². The molecule has 0 saturated heterocycles. The molecule has 1 aliphatic rings. The number of nitriles is 1. The summed E-state index contributed by atoms with van der Waals surface area (Å²) in [6, 6.07) is 2.30. The SMILES string of the molecule is CC1(C)C(C#N)C1C=C(Br)Br. The molecule has 2 unspecified atom stereocenters. The second-order valence-electron chi connectivity index (χ2n) is 3.41. The molecule has 3 heteroatoms. The molecule has 1 nitrogen and oxygen atoms in total.